The zero-order valence-electron chi connectivity index (χ0n) is 18.7. The highest BCUT2D eigenvalue weighted by molar-refractivity contribution is 7.99. The highest BCUT2D eigenvalue weighted by atomic mass is 32.2. The van der Waals surface area contributed by atoms with E-state index in [2.05, 4.69) is 20.4 Å². The summed E-state index contributed by atoms with van der Waals surface area (Å²) in [4.78, 5) is 25.6. The van der Waals surface area contributed by atoms with Gasteiger partial charge < -0.3 is 5.32 Å². The van der Waals surface area contributed by atoms with Crippen LogP contribution in [0, 0.1) is 22.9 Å². The summed E-state index contributed by atoms with van der Waals surface area (Å²) in [6.07, 6.45) is 3.51. The molecule has 178 valence electrons. The first-order valence-electron chi connectivity index (χ1n) is 11.0. The predicted octanol–water partition coefficient (Wildman–Crippen LogP) is 4.34. The molecule has 3 aromatic rings. The van der Waals surface area contributed by atoms with Gasteiger partial charge in [-0.15, -0.1) is 10.2 Å². The van der Waals surface area contributed by atoms with Crippen LogP contribution in [0.25, 0.3) is 5.69 Å². The summed E-state index contributed by atoms with van der Waals surface area (Å²) in [5.74, 6) is 0.103. The number of nitro groups is 1. The Bertz CT molecular complexity index is 1180. The zero-order valence-corrected chi connectivity index (χ0v) is 19.6. The number of carbonyl (C=O) groups is 1. The molecule has 34 heavy (non-hydrogen) atoms. The Balaban J connectivity index is 1.51. The summed E-state index contributed by atoms with van der Waals surface area (Å²) in [5.41, 5.74) is 1.45. The van der Waals surface area contributed by atoms with Gasteiger partial charge in [0, 0.05) is 11.8 Å². The maximum atomic E-state index is 13.5. The molecule has 9 nitrogen and oxygen atoms in total. The number of anilines is 1. The minimum Gasteiger partial charge on any atom is -0.325 e. The summed E-state index contributed by atoms with van der Waals surface area (Å²) in [6, 6.07) is 10.6. The van der Waals surface area contributed by atoms with E-state index in [1.807, 2.05) is 4.57 Å². The third kappa shape index (κ3) is 5.60. The molecule has 2 heterocycles. The number of nitrogens with zero attached hydrogens (tertiary/aromatic N) is 5. The van der Waals surface area contributed by atoms with Crippen LogP contribution >= 0.6 is 11.8 Å². The lowest BCUT2D eigenvalue weighted by Crippen LogP contribution is -2.30. The van der Waals surface area contributed by atoms with Crippen LogP contribution in [-0.4, -0.2) is 49.3 Å². The van der Waals surface area contributed by atoms with E-state index in [0.29, 0.717) is 23.0 Å². The molecule has 1 saturated heterocycles. The molecule has 1 aromatic heterocycles. The summed E-state index contributed by atoms with van der Waals surface area (Å²) >= 11 is 1.20. The van der Waals surface area contributed by atoms with Gasteiger partial charge in [-0.1, -0.05) is 24.2 Å². The van der Waals surface area contributed by atoms with Gasteiger partial charge in [-0.25, -0.2) is 4.39 Å². The molecular formula is C23H25FN6O3S. The van der Waals surface area contributed by atoms with Crippen LogP contribution in [0.1, 0.15) is 30.7 Å². The standard InChI is InChI=1S/C23H25FN6O3S/c1-16-19(6-5-7-20(16)30(32)33)25-22(31)15-34-23-27-26-21(14-28-12-3-2-4-13-28)29(23)18-10-8-17(24)9-11-18/h5-11H,2-4,12-15H2,1H3,(H,25,31). The fraction of sp³-hybridized carbons (Fsp3) is 0.348. The fourth-order valence-electron chi connectivity index (χ4n) is 3.94. The van der Waals surface area contributed by atoms with E-state index in [1.165, 1.54) is 42.4 Å². The van der Waals surface area contributed by atoms with Gasteiger partial charge in [0.15, 0.2) is 11.0 Å². The van der Waals surface area contributed by atoms with E-state index in [0.717, 1.165) is 37.4 Å². The molecule has 1 aliphatic rings. The lowest BCUT2D eigenvalue weighted by molar-refractivity contribution is -0.385. The molecule has 0 unspecified atom stereocenters. The van der Waals surface area contributed by atoms with E-state index in [4.69, 9.17) is 0 Å². The second kappa shape index (κ2) is 10.7. The van der Waals surface area contributed by atoms with Crippen LogP contribution in [0.15, 0.2) is 47.6 Å². The molecule has 1 fully saturated rings. The molecule has 4 rings (SSSR count). The molecule has 0 atom stereocenters. The molecule has 11 heteroatoms. The lowest BCUT2D eigenvalue weighted by Gasteiger charge is -2.26. The largest absolute Gasteiger partial charge is 0.325 e. The van der Waals surface area contributed by atoms with Crippen molar-refractivity contribution in [3.05, 3.63) is 69.8 Å². The normalized spacial score (nSPS) is 14.2. The highest BCUT2D eigenvalue weighted by Gasteiger charge is 2.20. The van der Waals surface area contributed by atoms with Crippen LogP contribution in [0.4, 0.5) is 15.8 Å². The van der Waals surface area contributed by atoms with Crippen molar-refractivity contribution >= 4 is 29.0 Å². The quantitative estimate of drug-likeness (QED) is 0.288. The average molecular weight is 485 g/mol. The van der Waals surface area contributed by atoms with Crippen molar-refractivity contribution in [2.24, 2.45) is 0 Å². The van der Waals surface area contributed by atoms with Crippen LogP contribution < -0.4 is 5.32 Å². The number of amides is 1. The number of halogens is 1. The van der Waals surface area contributed by atoms with Gasteiger partial charge in [0.05, 0.1) is 28.5 Å². The maximum absolute atomic E-state index is 13.5. The van der Waals surface area contributed by atoms with Gasteiger partial charge in [-0.2, -0.15) is 0 Å². The Morgan fingerprint density at radius 3 is 2.59 bits per heavy atom. The van der Waals surface area contributed by atoms with Crippen molar-refractivity contribution in [1.82, 2.24) is 19.7 Å². The number of hydrogen-bond acceptors (Lipinski definition) is 7. The maximum Gasteiger partial charge on any atom is 0.274 e. The Morgan fingerprint density at radius 2 is 1.88 bits per heavy atom. The molecule has 0 saturated carbocycles. The number of nitro benzene ring substituents is 1. The van der Waals surface area contributed by atoms with Crippen LogP contribution in [0.5, 0.6) is 0 Å². The van der Waals surface area contributed by atoms with E-state index < -0.39 is 4.92 Å². The zero-order chi connectivity index (χ0) is 24.1. The van der Waals surface area contributed by atoms with Crippen LogP contribution in [0.3, 0.4) is 0 Å². The number of rotatable bonds is 8. The van der Waals surface area contributed by atoms with Crippen molar-refractivity contribution in [3.8, 4) is 5.69 Å². The van der Waals surface area contributed by atoms with Gasteiger partial charge in [0.1, 0.15) is 5.82 Å². The number of thioether (sulfide) groups is 1. The highest BCUT2D eigenvalue weighted by Crippen LogP contribution is 2.27. The number of carbonyl (C=O) groups excluding carboxylic acids is 1. The first-order valence-corrected chi connectivity index (χ1v) is 12.0. The number of benzene rings is 2. The van der Waals surface area contributed by atoms with Crippen molar-refractivity contribution in [2.75, 3.05) is 24.2 Å². The molecular weight excluding hydrogens is 459 g/mol. The van der Waals surface area contributed by atoms with E-state index >= 15 is 0 Å². The Hall–Kier alpha value is -3.31. The second-order valence-electron chi connectivity index (χ2n) is 8.09. The third-order valence-electron chi connectivity index (χ3n) is 5.71. The van der Waals surface area contributed by atoms with Gasteiger partial charge in [0.25, 0.3) is 5.69 Å². The Morgan fingerprint density at radius 1 is 1.15 bits per heavy atom. The SMILES string of the molecule is Cc1c(NC(=O)CSc2nnc(CN3CCCCC3)n2-c2ccc(F)cc2)cccc1[N+](=O)[O-]. The van der Waals surface area contributed by atoms with Crippen molar-refractivity contribution in [1.29, 1.82) is 0 Å². The number of likely N-dealkylation sites (tertiary alicyclic amines) is 1. The smallest absolute Gasteiger partial charge is 0.274 e. The van der Waals surface area contributed by atoms with Crippen LogP contribution in [-0.2, 0) is 11.3 Å². The number of nitrogens with one attached hydrogen (secondary N) is 1. The lowest BCUT2D eigenvalue weighted by atomic mass is 10.1. The molecule has 0 radical (unpaired) electrons. The number of hydrogen-bond donors (Lipinski definition) is 1. The monoisotopic (exact) mass is 484 g/mol. The third-order valence-corrected chi connectivity index (χ3v) is 6.64. The van der Waals surface area contributed by atoms with E-state index in [-0.39, 0.29) is 23.2 Å². The number of piperidine rings is 1. The minimum atomic E-state index is -0.477. The van der Waals surface area contributed by atoms with Gasteiger partial charge in [0.2, 0.25) is 5.91 Å². The Kier molecular flexibility index (Phi) is 7.53. The molecule has 0 aliphatic carbocycles. The molecule has 1 amide bonds. The predicted molar refractivity (Wildman–Crippen MR) is 128 cm³/mol. The van der Waals surface area contributed by atoms with E-state index in [9.17, 15) is 19.3 Å². The summed E-state index contributed by atoms with van der Waals surface area (Å²) in [5, 5.41) is 23.1. The second-order valence-corrected chi connectivity index (χ2v) is 9.03. The van der Waals surface area contributed by atoms with Crippen LogP contribution in [0.2, 0.25) is 0 Å². The summed E-state index contributed by atoms with van der Waals surface area (Å²) < 4.78 is 15.4. The van der Waals surface area contributed by atoms with Crippen molar-refractivity contribution in [2.45, 2.75) is 37.9 Å². The molecule has 2 aromatic carbocycles. The topological polar surface area (TPSA) is 106 Å². The van der Waals surface area contributed by atoms with Crippen molar-refractivity contribution < 1.29 is 14.1 Å². The average Bonchev–Trinajstić information content (AvgIpc) is 3.22. The summed E-state index contributed by atoms with van der Waals surface area (Å²) in [6.45, 7) is 4.19. The van der Waals surface area contributed by atoms with Gasteiger partial charge >= 0.3 is 0 Å². The molecule has 1 N–H and O–H groups in total. The molecule has 0 spiro atoms. The first-order chi connectivity index (χ1) is 16.4. The Labute approximate surface area is 200 Å². The van der Waals surface area contributed by atoms with Gasteiger partial charge in [-0.05, 0) is 63.2 Å². The van der Waals surface area contributed by atoms with E-state index in [1.54, 1.807) is 25.1 Å². The number of aromatic nitrogens is 3. The summed E-state index contributed by atoms with van der Waals surface area (Å²) in [7, 11) is 0. The molecule has 1 aliphatic heterocycles. The first kappa shape index (κ1) is 23.8. The van der Waals surface area contributed by atoms with Crippen molar-refractivity contribution in [3.63, 3.8) is 0 Å². The molecule has 0 bridgehead atoms. The fourth-order valence-corrected chi connectivity index (χ4v) is 4.71. The minimum absolute atomic E-state index is 0.0329. The van der Waals surface area contributed by atoms with Gasteiger partial charge in [-0.3, -0.25) is 24.4 Å².